The molecular weight excluding hydrogens is 228 g/mol. The fraction of sp³-hybridized carbons (Fsp3) is 0.364. The first kappa shape index (κ1) is 14.9. The van der Waals surface area contributed by atoms with Crippen LogP contribution in [-0.2, 0) is 16.1 Å². The van der Waals surface area contributed by atoms with Gasteiger partial charge in [0.05, 0.1) is 13.0 Å². The Balaban J connectivity index is 0.00000225. The Morgan fingerprint density at radius 2 is 2.00 bits per heavy atom. The maximum Gasteiger partial charge on any atom is 0.226 e. The van der Waals surface area contributed by atoms with Gasteiger partial charge in [-0.15, -0.1) is 12.4 Å². The second kappa shape index (κ2) is 8.10. The van der Waals surface area contributed by atoms with Gasteiger partial charge in [0.2, 0.25) is 5.91 Å². The molecule has 0 spiro atoms. The Hall–Kier alpha value is -1.10. The van der Waals surface area contributed by atoms with E-state index in [0.29, 0.717) is 19.6 Å². The third-order valence-corrected chi connectivity index (χ3v) is 2.01. The van der Waals surface area contributed by atoms with Gasteiger partial charge in [-0.1, -0.05) is 12.1 Å². The summed E-state index contributed by atoms with van der Waals surface area (Å²) >= 11 is 0. The zero-order valence-corrected chi connectivity index (χ0v) is 10.0. The highest BCUT2D eigenvalue weighted by molar-refractivity contribution is 5.90. The van der Waals surface area contributed by atoms with Gasteiger partial charge in [0, 0.05) is 19.3 Å². The van der Waals surface area contributed by atoms with Crippen LogP contribution in [0.1, 0.15) is 12.0 Å². The standard InChI is InChI=1S/C11H16N2O2.ClH/c1-15-7-6-11(14)13-10-4-2-9(8-12)3-5-10;/h2-5H,6-8,12H2,1H3,(H,13,14);1H. The quantitative estimate of drug-likeness (QED) is 0.826. The Bertz CT molecular complexity index is 314. The van der Waals surface area contributed by atoms with Gasteiger partial charge in [-0.25, -0.2) is 0 Å². The molecule has 0 saturated carbocycles. The average Bonchev–Trinajstić information content (AvgIpc) is 2.27. The lowest BCUT2D eigenvalue weighted by Crippen LogP contribution is -2.13. The first-order valence-corrected chi connectivity index (χ1v) is 4.84. The number of ether oxygens (including phenoxy) is 1. The van der Waals surface area contributed by atoms with E-state index in [2.05, 4.69) is 5.32 Å². The maximum atomic E-state index is 11.3. The van der Waals surface area contributed by atoms with E-state index >= 15 is 0 Å². The number of anilines is 1. The number of carbonyl (C=O) groups is 1. The molecule has 3 N–H and O–H groups in total. The Labute approximate surface area is 102 Å². The van der Waals surface area contributed by atoms with Crippen molar-refractivity contribution in [3.63, 3.8) is 0 Å². The Kier molecular flexibility index (Phi) is 7.54. The van der Waals surface area contributed by atoms with Gasteiger partial charge in [-0.2, -0.15) is 0 Å². The number of halogens is 1. The van der Waals surface area contributed by atoms with Crippen molar-refractivity contribution in [1.82, 2.24) is 0 Å². The zero-order chi connectivity index (χ0) is 11.1. The molecule has 0 fully saturated rings. The van der Waals surface area contributed by atoms with Crippen LogP contribution in [0.3, 0.4) is 0 Å². The molecule has 1 rings (SSSR count). The van der Waals surface area contributed by atoms with Crippen molar-refractivity contribution < 1.29 is 9.53 Å². The van der Waals surface area contributed by atoms with Gasteiger partial charge in [-0.05, 0) is 17.7 Å². The predicted molar refractivity (Wildman–Crippen MR) is 66.7 cm³/mol. The molecule has 4 nitrogen and oxygen atoms in total. The minimum atomic E-state index is -0.0441. The number of rotatable bonds is 5. The normalized spacial score (nSPS) is 9.38. The number of hydrogen-bond acceptors (Lipinski definition) is 3. The van der Waals surface area contributed by atoms with Crippen molar-refractivity contribution in [2.45, 2.75) is 13.0 Å². The van der Waals surface area contributed by atoms with E-state index in [1.807, 2.05) is 24.3 Å². The molecule has 0 bridgehead atoms. The Morgan fingerprint density at radius 1 is 1.38 bits per heavy atom. The van der Waals surface area contributed by atoms with Crippen LogP contribution in [0.2, 0.25) is 0 Å². The number of carbonyl (C=O) groups excluding carboxylic acids is 1. The van der Waals surface area contributed by atoms with Gasteiger partial charge in [0.25, 0.3) is 0 Å². The summed E-state index contributed by atoms with van der Waals surface area (Å²) in [5.41, 5.74) is 7.29. The second-order valence-corrected chi connectivity index (χ2v) is 3.19. The highest BCUT2D eigenvalue weighted by Gasteiger charge is 2.01. The lowest BCUT2D eigenvalue weighted by Gasteiger charge is -2.05. The average molecular weight is 245 g/mol. The summed E-state index contributed by atoms with van der Waals surface area (Å²) in [6.45, 7) is 0.949. The summed E-state index contributed by atoms with van der Waals surface area (Å²) in [5.74, 6) is -0.0441. The van der Waals surface area contributed by atoms with Gasteiger partial charge >= 0.3 is 0 Å². The third kappa shape index (κ3) is 5.11. The van der Waals surface area contributed by atoms with Crippen LogP contribution in [0, 0.1) is 0 Å². The molecule has 1 aromatic rings. The molecule has 0 aliphatic carbocycles. The molecule has 0 radical (unpaired) electrons. The number of methoxy groups -OCH3 is 1. The van der Waals surface area contributed by atoms with Crippen LogP contribution in [-0.4, -0.2) is 19.6 Å². The molecule has 1 amide bonds. The maximum absolute atomic E-state index is 11.3. The largest absolute Gasteiger partial charge is 0.384 e. The first-order chi connectivity index (χ1) is 7.26. The summed E-state index contributed by atoms with van der Waals surface area (Å²) in [6.07, 6.45) is 0.370. The van der Waals surface area contributed by atoms with Gasteiger partial charge in [-0.3, -0.25) is 4.79 Å². The molecule has 0 aliphatic rings. The van der Waals surface area contributed by atoms with Crippen LogP contribution < -0.4 is 11.1 Å². The van der Waals surface area contributed by atoms with Crippen LogP contribution in [0.15, 0.2) is 24.3 Å². The summed E-state index contributed by atoms with van der Waals surface area (Å²) in [6, 6.07) is 7.47. The lowest BCUT2D eigenvalue weighted by atomic mass is 10.2. The SMILES string of the molecule is COCCC(=O)Nc1ccc(CN)cc1.Cl. The molecule has 0 saturated heterocycles. The topological polar surface area (TPSA) is 64.3 Å². The molecule has 0 aliphatic heterocycles. The molecule has 0 aromatic heterocycles. The fourth-order valence-electron chi connectivity index (χ4n) is 1.14. The van der Waals surface area contributed by atoms with Crippen molar-refractivity contribution in [1.29, 1.82) is 0 Å². The molecule has 1 aromatic carbocycles. The van der Waals surface area contributed by atoms with Crippen molar-refractivity contribution >= 4 is 24.0 Å². The number of nitrogens with one attached hydrogen (secondary N) is 1. The molecule has 0 heterocycles. The van der Waals surface area contributed by atoms with Gasteiger partial charge in [0.1, 0.15) is 0 Å². The number of benzene rings is 1. The van der Waals surface area contributed by atoms with E-state index in [1.165, 1.54) is 0 Å². The summed E-state index contributed by atoms with van der Waals surface area (Å²) in [4.78, 5) is 11.3. The highest BCUT2D eigenvalue weighted by atomic mass is 35.5. The minimum absolute atomic E-state index is 0. The van der Waals surface area contributed by atoms with Crippen LogP contribution in [0.25, 0.3) is 0 Å². The number of amides is 1. The monoisotopic (exact) mass is 244 g/mol. The lowest BCUT2D eigenvalue weighted by molar-refractivity contribution is -0.117. The molecular formula is C11H17ClN2O2. The van der Waals surface area contributed by atoms with Crippen molar-refractivity contribution in [3.05, 3.63) is 29.8 Å². The Morgan fingerprint density at radius 3 is 2.50 bits per heavy atom. The van der Waals surface area contributed by atoms with Crippen molar-refractivity contribution in [2.24, 2.45) is 5.73 Å². The van der Waals surface area contributed by atoms with E-state index < -0.39 is 0 Å². The summed E-state index contributed by atoms with van der Waals surface area (Å²) in [7, 11) is 1.57. The summed E-state index contributed by atoms with van der Waals surface area (Å²) < 4.78 is 4.81. The van der Waals surface area contributed by atoms with Crippen molar-refractivity contribution in [2.75, 3.05) is 19.0 Å². The van der Waals surface area contributed by atoms with Crippen molar-refractivity contribution in [3.8, 4) is 0 Å². The zero-order valence-electron chi connectivity index (χ0n) is 9.23. The predicted octanol–water partition coefficient (Wildman–Crippen LogP) is 1.54. The third-order valence-electron chi connectivity index (χ3n) is 2.01. The molecule has 5 heteroatoms. The van der Waals surface area contributed by atoms with Crippen LogP contribution >= 0.6 is 12.4 Å². The van der Waals surface area contributed by atoms with E-state index in [-0.39, 0.29) is 18.3 Å². The minimum Gasteiger partial charge on any atom is -0.384 e. The number of hydrogen-bond donors (Lipinski definition) is 2. The summed E-state index contributed by atoms with van der Waals surface area (Å²) in [5, 5.41) is 2.77. The highest BCUT2D eigenvalue weighted by Crippen LogP contribution is 2.09. The van der Waals surface area contributed by atoms with Crippen LogP contribution in [0.4, 0.5) is 5.69 Å². The van der Waals surface area contributed by atoms with E-state index in [9.17, 15) is 4.79 Å². The number of nitrogens with two attached hydrogens (primary N) is 1. The van der Waals surface area contributed by atoms with E-state index in [4.69, 9.17) is 10.5 Å². The molecule has 90 valence electrons. The fourth-order valence-corrected chi connectivity index (χ4v) is 1.14. The van der Waals surface area contributed by atoms with E-state index in [1.54, 1.807) is 7.11 Å². The van der Waals surface area contributed by atoms with Crippen LogP contribution in [0.5, 0.6) is 0 Å². The molecule has 0 atom stereocenters. The first-order valence-electron chi connectivity index (χ1n) is 4.84. The smallest absolute Gasteiger partial charge is 0.226 e. The molecule has 0 unspecified atom stereocenters. The van der Waals surface area contributed by atoms with Gasteiger partial charge in [0.15, 0.2) is 0 Å². The van der Waals surface area contributed by atoms with Gasteiger partial charge < -0.3 is 15.8 Å². The second-order valence-electron chi connectivity index (χ2n) is 3.19. The van der Waals surface area contributed by atoms with E-state index in [0.717, 1.165) is 11.3 Å². The molecule has 16 heavy (non-hydrogen) atoms.